The van der Waals surface area contributed by atoms with Gasteiger partial charge in [0.05, 0.1) is 36.6 Å². The van der Waals surface area contributed by atoms with Gasteiger partial charge in [0, 0.05) is 33.5 Å². The molecule has 0 bridgehead atoms. The van der Waals surface area contributed by atoms with E-state index < -0.39 is 55.5 Å². The third-order valence-electron chi connectivity index (χ3n) is 6.15. The van der Waals surface area contributed by atoms with Gasteiger partial charge in [0.15, 0.2) is 18.9 Å². The van der Waals surface area contributed by atoms with Crippen LogP contribution in [0.15, 0.2) is 0 Å². The van der Waals surface area contributed by atoms with Gasteiger partial charge in [-0.15, -0.1) is 0 Å². The summed E-state index contributed by atoms with van der Waals surface area (Å²) in [5.74, 6) is 0. The Labute approximate surface area is 177 Å². The second kappa shape index (κ2) is 10.5. The molecule has 3 N–H and O–H groups in total. The van der Waals surface area contributed by atoms with Crippen molar-refractivity contribution in [1.29, 1.82) is 0 Å². The second-order valence-corrected chi connectivity index (χ2v) is 8.35. The molecule has 0 aliphatic carbocycles. The normalized spacial score (nSPS) is 50.4. The molecule has 0 amide bonds. The van der Waals surface area contributed by atoms with E-state index in [-0.39, 0.29) is 24.7 Å². The highest BCUT2D eigenvalue weighted by molar-refractivity contribution is 4.88. The van der Waals surface area contributed by atoms with Gasteiger partial charge in [-0.3, -0.25) is 0 Å². The van der Waals surface area contributed by atoms with Crippen LogP contribution in [-0.2, 0) is 33.2 Å². The Morgan fingerprint density at radius 2 is 1.20 bits per heavy atom. The van der Waals surface area contributed by atoms with Crippen molar-refractivity contribution in [3.8, 4) is 0 Å². The molecule has 0 aromatic carbocycles. The summed E-state index contributed by atoms with van der Waals surface area (Å²) in [4.78, 5) is 0. The molecule has 3 aliphatic rings. The summed E-state index contributed by atoms with van der Waals surface area (Å²) < 4.78 is 40.3. The summed E-state index contributed by atoms with van der Waals surface area (Å²) >= 11 is 0. The van der Waals surface area contributed by atoms with Gasteiger partial charge in [-0.25, -0.2) is 0 Å². The van der Waals surface area contributed by atoms with Crippen LogP contribution in [0.25, 0.3) is 0 Å². The summed E-state index contributed by atoms with van der Waals surface area (Å²) in [6.07, 6.45) is -5.88. The van der Waals surface area contributed by atoms with Gasteiger partial charge in [-0.2, -0.15) is 0 Å². The molecule has 10 heteroatoms. The molecule has 176 valence electrons. The molecule has 3 aliphatic heterocycles. The molecule has 3 rings (SSSR count). The molecule has 0 spiro atoms. The van der Waals surface area contributed by atoms with Crippen LogP contribution in [0.1, 0.15) is 40.0 Å². The zero-order valence-corrected chi connectivity index (χ0v) is 18.2. The number of hydrogen-bond donors (Lipinski definition) is 3. The molecule has 0 saturated carbocycles. The van der Waals surface area contributed by atoms with E-state index in [1.54, 1.807) is 28.1 Å². The minimum atomic E-state index is -1.00. The van der Waals surface area contributed by atoms with Crippen LogP contribution >= 0.6 is 0 Å². The van der Waals surface area contributed by atoms with Gasteiger partial charge in [-0.1, -0.05) is 0 Å². The van der Waals surface area contributed by atoms with Gasteiger partial charge < -0.3 is 48.5 Å². The number of hydrogen-bond acceptors (Lipinski definition) is 10. The minimum Gasteiger partial charge on any atom is -0.390 e. The summed E-state index contributed by atoms with van der Waals surface area (Å²) in [7, 11) is 3.15. The second-order valence-electron chi connectivity index (χ2n) is 8.35. The van der Waals surface area contributed by atoms with Crippen molar-refractivity contribution < 1.29 is 48.5 Å². The Morgan fingerprint density at radius 1 is 0.667 bits per heavy atom. The first-order valence-electron chi connectivity index (χ1n) is 10.6. The van der Waals surface area contributed by atoms with E-state index in [0.717, 1.165) is 0 Å². The summed E-state index contributed by atoms with van der Waals surface area (Å²) in [6, 6.07) is 0. The van der Waals surface area contributed by atoms with Gasteiger partial charge in [0.25, 0.3) is 0 Å². The number of aliphatic hydroxyl groups excluding tert-OH is 3. The van der Waals surface area contributed by atoms with Crippen molar-refractivity contribution >= 4 is 0 Å². The molecule has 10 nitrogen and oxygen atoms in total. The Bertz CT molecular complexity index is 524. The highest BCUT2D eigenvalue weighted by atomic mass is 16.7. The fraction of sp³-hybridized carbons (Fsp3) is 1.00. The number of rotatable bonds is 6. The van der Waals surface area contributed by atoms with Crippen LogP contribution in [0.4, 0.5) is 0 Å². The van der Waals surface area contributed by atoms with E-state index in [0.29, 0.717) is 12.8 Å². The lowest BCUT2D eigenvalue weighted by Crippen LogP contribution is -2.56. The van der Waals surface area contributed by atoms with Crippen LogP contribution in [0.2, 0.25) is 0 Å². The molecular formula is C20H36O10. The molecule has 3 heterocycles. The van der Waals surface area contributed by atoms with Crippen LogP contribution in [0.5, 0.6) is 0 Å². The molecule has 3 saturated heterocycles. The topological polar surface area (TPSA) is 125 Å². The average molecular weight is 436 g/mol. The largest absolute Gasteiger partial charge is 0.390 e. The maximum Gasteiger partial charge on any atom is 0.161 e. The molecule has 3 fully saturated rings. The molecule has 0 aromatic heterocycles. The number of methoxy groups -OCH3 is 2. The summed E-state index contributed by atoms with van der Waals surface area (Å²) in [5, 5.41) is 30.0. The van der Waals surface area contributed by atoms with Crippen molar-refractivity contribution in [2.45, 2.75) is 114 Å². The molecule has 0 radical (unpaired) electrons. The maximum absolute atomic E-state index is 10.3. The fourth-order valence-electron chi connectivity index (χ4n) is 4.43. The predicted molar refractivity (Wildman–Crippen MR) is 102 cm³/mol. The summed E-state index contributed by atoms with van der Waals surface area (Å²) in [6.45, 7) is 5.38. The van der Waals surface area contributed by atoms with E-state index in [9.17, 15) is 15.3 Å². The molecular weight excluding hydrogens is 400 g/mol. The third kappa shape index (κ3) is 5.50. The molecule has 0 aromatic rings. The quantitative estimate of drug-likeness (QED) is 0.520. The maximum atomic E-state index is 10.3. The van der Waals surface area contributed by atoms with Crippen molar-refractivity contribution in [3.05, 3.63) is 0 Å². The zero-order chi connectivity index (χ0) is 22.0. The first kappa shape index (κ1) is 24.2. The smallest absolute Gasteiger partial charge is 0.161 e. The Kier molecular flexibility index (Phi) is 8.47. The first-order valence-corrected chi connectivity index (χ1v) is 10.6. The van der Waals surface area contributed by atoms with Gasteiger partial charge in [-0.05, 0) is 20.8 Å². The SMILES string of the molecule is CO[C@H]1C[C@H](O[C@H]2[C@@H](O)C[C@H](O)O[C@@H]2C)O[C@H](C)[C@H]1O[C@H]1C[C@@H](OC)[C@@H](O)[C@H](C)O1. The lowest BCUT2D eigenvalue weighted by molar-refractivity contribution is -0.333. The number of ether oxygens (including phenoxy) is 7. The third-order valence-corrected chi connectivity index (χ3v) is 6.15. The number of aliphatic hydroxyl groups is 3. The summed E-state index contributed by atoms with van der Waals surface area (Å²) in [5.41, 5.74) is 0. The van der Waals surface area contributed by atoms with Crippen LogP contribution in [0, 0.1) is 0 Å². The van der Waals surface area contributed by atoms with Gasteiger partial charge >= 0.3 is 0 Å². The van der Waals surface area contributed by atoms with E-state index >= 15 is 0 Å². The van der Waals surface area contributed by atoms with Crippen LogP contribution in [0.3, 0.4) is 0 Å². The van der Waals surface area contributed by atoms with Gasteiger partial charge in [0.1, 0.15) is 18.3 Å². The van der Waals surface area contributed by atoms with Crippen molar-refractivity contribution in [1.82, 2.24) is 0 Å². The first-order chi connectivity index (χ1) is 14.2. The monoisotopic (exact) mass is 436 g/mol. The Morgan fingerprint density at radius 3 is 1.80 bits per heavy atom. The molecule has 0 unspecified atom stereocenters. The molecule has 12 atom stereocenters. The van der Waals surface area contributed by atoms with Crippen LogP contribution in [-0.4, -0.2) is 103 Å². The lowest BCUT2D eigenvalue weighted by atomic mass is 9.99. The van der Waals surface area contributed by atoms with Crippen molar-refractivity contribution in [2.75, 3.05) is 14.2 Å². The Balaban J connectivity index is 1.59. The van der Waals surface area contributed by atoms with E-state index in [1.807, 2.05) is 6.92 Å². The van der Waals surface area contributed by atoms with Crippen molar-refractivity contribution in [2.24, 2.45) is 0 Å². The van der Waals surface area contributed by atoms with E-state index in [2.05, 4.69) is 0 Å². The lowest BCUT2D eigenvalue weighted by Gasteiger charge is -2.45. The minimum absolute atomic E-state index is 0.0838. The average Bonchev–Trinajstić information content (AvgIpc) is 2.68. The van der Waals surface area contributed by atoms with E-state index in [1.165, 1.54) is 0 Å². The van der Waals surface area contributed by atoms with E-state index in [4.69, 9.17) is 33.2 Å². The predicted octanol–water partition coefficient (Wildman–Crippen LogP) is -0.0944. The van der Waals surface area contributed by atoms with Crippen molar-refractivity contribution in [3.63, 3.8) is 0 Å². The van der Waals surface area contributed by atoms with Crippen LogP contribution < -0.4 is 0 Å². The standard InChI is InChI=1S/C20H36O10/c1-9-18(23)13(24-4)7-16(27-9)30-20-11(3)28-17(8-14(20)25-5)29-19-10(2)26-15(22)6-12(19)21/h9-23H,6-8H2,1-5H3/t9-,10+,11+,12-,13+,14-,15+,16-,17-,18-,19+,20+/m0/s1. The fourth-order valence-corrected chi connectivity index (χ4v) is 4.43. The van der Waals surface area contributed by atoms with Gasteiger partial charge in [0.2, 0.25) is 0 Å². The Hall–Kier alpha value is -0.400. The highest BCUT2D eigenvalue weighted by Gasteiger charge is 2.45. The zero-order valence-electron chi connectivity index (χ0n) is 18.2. The molecule has 30 heavy (non-hydrogen) atoms. The highest BCUT2D eigenvalue weighted by Crippen LogP contribution is 2.32.